The number of hydrogen-bond donors (Lipinski definition) is 4. The number of nitrogens with two attached hydrogens (primary N) is 1. The van der Waals surface area contributed by atoms with E-state index in [0.717, 1.165) is 0 Å². The van der Waals surface area contributed by atoms with Gasteiger partial charge >= 0.3 is 0 Å². The van der Waals surface area contributed by atoms with Crippen molar-refractivity contribution in [3.8, 4) is 0 Å². The van der Waals surface area contributed by atoms with Gasteiger partial charge in [0.1, 0.15) is 0 Å². The van der Waals surface area contributed by atoms with Gasteiger partial charge in [0.2, 0.25) is 5.79 Å². The van der Waals surface area contributed by atoms with Crippen LogP contribution in [0.2, 0.25) is 0 Å². The smallest absolute Gasteiger partial charge is 0.214 e. The SMILES string of the molecule is CCC(O)(O)c1c(N)nnn1O. The van der Waals surface area contributed by atoms with Crippen molar-refractivity contribution >= 4 is 5.82 Å². The fourth-order valence-electron chi connectivity index (χ4n) is 0.818. The maximum Gasteiger partial charge on any atom is 0.214 e. The fraction of sp³-hybridized carbons (Fsp3) is 0.600. The number of hydrogen-bond acceptors (Lipinski definition) is 6. The Balaban J connectivity index is 3.17. The van der Waals surface area contributed by atoms with E-state index < -0.39 is 5.79 Å². The fourth-order valence-corrected chi connectivity index (χ4v) is 0.818. The second-order valence-corrected chi connectivity index (χ2v) is 2.38. The molecule has 0 saturated heterocycles. The summed E-state index contributed by atoms with van der Waals surface area (Å²) in [5.41, 5.74) is 4.91. The van der Waals surface area contributed by atoms with E-state index in [1.54, 1.807) is 0 Å². The number of anilines is 1. The van der Waals surface area contributed by atoms with Crippen molar-refractivity contribution < 1.29 is 15.4 Å². The van der Waals surface area contributed by atoms with Crippen molar-refractivity contribution in [3.63, 3.8) is 0 Å². The number of rotatable bonds is 2. The molecule has 0 aliphatic rings. The molecule has 0 atom stereocenters. The lowest BCUT2D eigenvalue weighted by molar-refractivity contribution is -0.182. The van der Waals surface area contributed by atoms with Gasteiger partial charge in [0.05, 0.1) is 0 Å². The Bertz CT molecular complexity index is 263. The lowest BCUT2D eigenvalue weighted by Gasteiger charge is -2.17. The van der Waals surface area contributed by atoms with Gasteiger partial charge in [-0.05, 0) is 5.21 Å². The predicted octanol–water partition coefficient (Wildman–Crippen LogP) is -1.36. The molecule has 0 aliphatic carbocycles. The molecule has 0 saturated carbocycles. The summed E-state index contributed by atoms with van der Waals surface area (Å²) in [5, 5.41) is 33.8. The monoisotopic (exact) mass is 174 g/mol. The van der Waals surface area contributed by atoms with Crippen molar-refractivity contribution in [2.45, 2.75) is 19.1 Å². The normalized spacial score (nSPS) is 11.9. The molecular weight excluding hydrogens is 164 g/mol. The van der Waals surface area contributed by atoms with Crippen LogP contribution in [0.3, 0.4) is 0 Å². The molecule has 7 nitrogen and oxygen atoms in total. The molecule has 12 heavy (non-hydrogen) atoms. The van der Waals surface area contributed by atoms with Crippen molar-refractivity contribution in [1.29, 1.82) is 0 Å². The molecule has 0 amide bonds. The molecule has 68 valence electrons. The van der Waals surface area contributed by atoms with Crippen LogP contribution in [0.1, 0.15) is 19.0 Å². The summed E-state index contributed by atoms with van der Waals surface area (Å²) in [5.74, 6) is -2.40. The van der Waals surface area contributed by atoms with Gasteiger partial charge in [0.25, 0.3) is 0 Å². The van der Waals surface area contributed by atoms with E-state index in [9.17, 15) is 10.2 Å². The van der Waals surface area contributed by atoms with Crippen LogP contribution < -0.4 is 5.73 Å². The highest BCUT2D eigenvalue weighted by molar-refractivity contribution is 5.35. The van der Waals surface area contributed by atoms with Gasteiger partial charge < -0.3 is 21.2 Å². The summed E-state index contributed by atoms with van der Waals surface area (Å²) in [6, 6.07) is 0. The Kier molecular flexibility index (Phi) is 1.90. The lowest BCUT2D eigenvalue weighted by atomic mass is 10.1. The summed E-state index contributed by atoms with van der Waals surface area (Å²) in [6.07, 6.45) is -0.0227. The Hall–Kier alpha value is -1.34. The van der Waals surface area contributed by atoms with E-state index in [2.05, 4.69) is 10.3 Å². The first kappa shape index (κ1) is 8.75. The van der Waals surface area contributed by atoms with Crippen LogP contribution in [-0.2, 0) is 5.79 Å². The van der Waals surface area contributed by atoms with Gasteiger partial charge in [-0.25, -0.2) is 0 Å². The molecule has 0 radical (unpaired) electrons. The van der Waals surface area contributed by atoms with Crippen LogP contribution in [0.15, 0.2) is 0 Å². The maximum atomic E-state index is 9.26. The summed E-state index contributed by atoms with van der Waals surface area (Å²) >= 11 is 0. The third-order valence-electron chi connectivity index (χ3n) is 1.55. The standard InChI is InChI=1S/C5H10N4O3/c1-2-5(10,11)3-4(6)7-8-9(3)12/h10-12H,2,6H2,1H3. The predicted molar refractivity (Wildman–Crippen MR) is 38.0 cm³/mol. The first-order valence-corrected chi connectivity index (χ1v) is 3.34. The molecule has 1 rings (SSSR count). The van der Waals surface area contributed by atoms with E-state index in [4.69, 9.17) is 10.9 Å². The summed E-state index contributed by atoms with van der Waals surface area (Å²) in [6.45, 7) is 1.52. The maximum absolute atomic E-state index is 9.26. The van der Waals surface area contributed by atoms with Crippen LogP contribution in [0.5, 0.6) is 0 Å². The average molecular weight is 174 g/mol. The summed E-state index contributed by atoms with van der Waals surface area (Å²) < 4.78 is 0. The molecule has 0 fully saturated rings. The zero-order valence-corrected chi connectivity index (χ0v) is 6.47. The van der Waals surface area contributed by atoms with Crippen LogP contribution in [0.4, 0.5) is 5.82 Å². The Morgan fingerprint density at radius 2 is 2.17 bits per heavy atom. The topological polar surface area (TPSA) is 117 Å². The molecule has 0 aliphatic heterocycles. The highest BCUT2D eigenvalue weighted by Crippen LogP contribution is 2.23. The van der Waals surface area contributed by atoms with Crippen molar-refractivity contribution in [1.82, 2.24) is 15.2 Å². The zero-order chi connectivity index (χ0) is 9.35. The van der Waals surface area contributed by atoms with Gasteiger partial charge in [-0.1, -0.05) is 11.8 Å². The summed E-state index contributed by atoms with van der Waals surface area (Å²) in [7, 11) is 0. The minimum absolute atomic E-state index is 0.0227. The second kappa shape index (κ2) is 2.61. The van der Waals surface area contributed by atoms with Crippen LogP contribution in [-0.4, -0.2) is 30.6 Å². The third kappa shape index (κ3) is 1.19. The van der Waals surface area contributed by atoms with Crippen LogP contribution >= 0.6 is 0 Å². The Morgan fingerprint density at radius 1 is 1.58 bits per heavy atom. The molecule has 0 unspecified atom stereocenters. The minimum Gasteiger partial charge on any atom is -0.410 e. The molecule has 0 spiro atoms. The molecule has 1 aromatic rings. The molecule has 5 N–H and O–H groups in total. The summed E-state index contributed by atoms with van der Waals surface area (Å²) in [4.78, 5) is 0.249. The number of aromatic nitrogens is 3. The minimum atomic E-state index is -2.19. The van der Waals surface area contributed by atoms with Gasteiger partial charge in [-0.15, -0.1) is 5.10 Å². The van der Waals surface area contributed by atoms with E-state index >= 15 is 0 Å². The van der Waals surface area contributed by atoms with Crippen molar-refractivity contribution in [2.24, 2.45) is 0 Å². The first-order valence-electron chi connectivity index (χ1n) is 3.34. The van der Waals surface area contributed by atoms with Gasteiger partial charge in [0, 0.05) is 6.42 Å². The second-order valence-electron chi connectivity index (χ2n) is 2.38. The van der Waals surface area contributed by atoms with Crippen molar-refractivity contribution in [2.75, 3.05) is 5.73 Å². The highest BCUT2D eigenvalue weighted by atomic mass is 16.5. The average Bonchev–Trinajstić information content (AvgIpc) is 2.31. The molecule has 0 bridgehead atoms. The van der Waals surface area contributed by atoms with E-state index in [1.165, 1.54) is 6.92 Å². The van der Waals surface area contributed by atoms with E-state index in [0.29, 0.717) is 0 Å². The van der Waals surface area contributed by atoms with Gasteiger partial charge in [0.15, 0.2) is 11.5 Å². The molecule has 1 aromatic heterocycles. The zero-order valence-electron chi connectivity index (χ0n) is 6.47. The van der Waals surface area contributed by atoms with Crippen LogP contribution in [0.25, 0.3) is 0 Å². The van der Waals surface area contributed by atoms with Crippen molar-refractivity contribution in [3.05, 3.63) is 5.69 Å². The number of nitrogen functional groups attached to an aromatic ring is 1. The van der Waals surface area contributed by atoms with E-state index in [1.807, 2.05) is 0 Å². The third-order valence-corrected chi connectivity index (χ3v) is 1.55. The molecular formula is C5H10N4O3. The largest absolute Gasteiger partial charge is 0.410 e. The number of aliphatic hydroxyl groups is 2. The molecule has 1 heterocycles. The molecule has 0 aromatic carbocycles. The van der Waals surface area contributed by atoms with Gasteiger partial charge in [-0.3, -0.25) is 0 Å². The van der Waals surface area contributed by atoms with E-state index in [-0.39, 0.29) is 22.8 Å². The number of nitrogens with zero attached hydrogens (tertiary/aromatic N) is 3. The lowest BCUT2D eigenvalue weighted by Crippen LogP contribution is -2.28. The Labute approximate surface area is 68.0 Å². The quantitative estimate of drug-likeness (QED) is 0.325. The Morgan fingerprint density at radius 3 is 2.50 bits per heavy atom. The molecule has 7 heteroatoms. The van der Waals surface area contributed by atoms with Gasteiger partial charge in [-0.2, -0.15) is 0 Å². The van der Waals surface area contributed by atoms with Crippen LogP contribution in [0, 0.1) is 0 Å². The first-order chi connectivity index (χ1) is 5.49. The highest BCUT2D eigenvalue weighted by Gasteiger charge is 2.32.